The Kier molecular flexibility index (Phi) is 6.83. The molecule has 0 atom stereocenters. The van der Waals surface area contributed by atoms with Gasteiger partial charge in [-0.15, -0.1) is 6.58 Å². The Labute approximate surface area is 147 Å². The van der Waals surface area contributed by atoms with E-state index in [1.54, 1.807) is 32.6 Å². The smallest absolute Gasteiger partial charge is 0.253 e. The second-order valence-electron chi connectivity index (χ2n) is 5.33. The molecule has 1 heterocycles. The number of carbonyl (C=O) groups is 1. The van der Waals surface area contributed by atoms with Gasteiger partial charge in [0.2, 0.25) is 0 Å². The summed E-state index contributed by atoms with van der Waals surface area (Å²) in [7, 11) is 3.23. The molecule has 1 aromatic heterocycles. The molecule has 0 saturated heterocycles. The van der Waals surface area contributed by atoms with Crippen molar-refractivity contribution in [2.75, 3.05) is 32.6 Å². The predicted molar refractivity (Wildman–Crippen MR) is 98.5 cm³/mol. The maximum Gasteiger partial charge on any atom is 0.253 e. The molecule has 2 N–H and O–H groups in total. The Morgan fingerprint density at radius 1 is 1.20 bits per heavy atom. The number of ether oxygens (including phenoxy) is 2. The molecule has 25 heavy (non-hydrogen) atoms. The van der Waals surface area contributed by atoms with Crippen LogP contribution < -0.4 is 20.1 Å². The standard InChI is InChI=1S/C19H23N3O3/c1-4-8-22-19(23)15-11-16(13-20-12-15)21-9-7-14-5-6-17(24-2)18(10-14)25-3/h4-6,10-13,21H,1,7-9H2,2-3H3,(H,22,23). The molecule has 0 aliphatic carbocycles. The zero-order chi connectivity index (χ0) is 18.1. The molecule has 0 aliphatic rings. The number of rotatable bonds is 9. The lowest BCUT2D eigenvalue weighted by Gasteiger charge is -2.11. The Morgan fingerprint density at radius 3 is 2.72 bits per heavy atom. The van der Waals surface area contributed by atoms with Crippen LogP contribution in [0.3, 0.4) is 0 Å². The van der Waals surface area contributed by atoms with Gasteiger partial charge in [-0.2, -0.15) is 0 Å². The summed E-state index contributed by atoms with van der Waals surface area (Å²) < 4.78 is 10.5. The predicted octanol–water partition coefficient (Wildman–Crippen LogP) is 2.67. The largest absolute Gasteiger partial charge is 0.493 e. The number of hydrogen-bond acceptors (Lipinski definition) is 5. The van der Waals surface area contributed by atoms with E-state index < -0.39 is 0 Å². The van der Waals surface area contributed by atoms with Crippen LogP contribution in [0.1, 0.15) is 15.9 Å². The summed E-state index contributed by atoms with van der Waals surface area (Å²) in [5.41, 5.74) is 2.43. The van der Waals surface area contributed by atoms with Crippen LogP contribution in [0.5, 0.6) is 11.5 Å². The second-order valence-corrected chi connectivity index (χ2v) is 5.33. The quantitative estimate of drug-likeness (QED) is 0.686. The van der Waals surface area contributed by atoms with E-state index in [-0.39, 0.29) is 5.91 Å². The van der Waals surface area contributed by atoms with Crippen LogP contribution in [-0.2, 0) is 6.42 Å². The van der Waals surface area contributed by atoms with Gasteiger partial charge in [-0.3, -0.25) is 9.78 Å². The number of benzene rings is 1. The number of aromatic nitrogens is 1. The van der Waals surface area contributed by atoms with E-state index in [9.17, 15) is 4.79 Å². The van der Waals surface area contributed by atoms with E-state index in [0.29, 0.717) is 30.2 Å². The molecule has 2 aromatic rings. The maximum atomic E-state index is 11.9. The number of pyridine rings is 1. The summed E-state index contributed by atoms with van der Waals surface area (Å²) in [5.74, 6) is 1.25. The third kappa shape index (κ3) is 5.24. The van der Waals surface area contributed by atoms with Crippen LogP contribution in [0, 0.1) is 0 Å². The summed E-state index contributed by atoms with van der Waals surface area (Å²) in [4.78, 5) is 16.0. The highest BCUT2D eigenvalue weighted by atomic mass is 16.5. The maximum absolute atomic E-state index is 11.9. The van der Waals surface area contributed by atoms with Gasteiger partial charge in [0, 0.05) is 25.5 Å². The molecule has 6 heteroatoms. The summed E-state index contributed by atoms with van der Waals surface area (Å²) in [6.45, 7) is 4.71. The van der Waals surface area contributed by atoms with Crippen molar-refractivity contribution in [3.63, 3.8) is 0 Å². The number of amides is 1. The van der Waals surface area contributed by atoms with E-state index in [2.05, 4.69) is 22.2 Å². The van der Waals surface area contributed by atoms with Gasteiger partial charge in [-0.1, -0.05) is 12.1 Å². The average Bonchev–Trinajstić information content (AvgIpc) is 2.66. The van der Waals surface area contributed by atoms with Crippen LogP contribution in [0.25, 0.3) is 0 Å². The molecule has 1 aromatic carbocycles. The minimum Gasteiger partial charge on any atom is -0.493 e. The zero-order valence-electron chi connectivity index (χ0n) is 14.5. The first-order valence-corrected chi connectivity index (χ1v) is 7.97. The van der Waals surface area contributed by atoms with Crippen molar-refractivity contribution in [2.24, 2.45) is 0 Å². The van der Waals surface area contributed by atoms with Crippen molar-refractivity contribution in [2.45, 2.75) is 6.42 Å². The van der Waals surface area contributed by atoms with Crippen molar-refractivity contribution in [1.82, 2.24) is 10.3 Å². The zero-order valence-corrected chi connectivity index (χ0v) is 14.5. The Bertz CT molecular complexity index is 732. The van der Waals surface area contributed by atoms with E-state index >= 15 is 0 Å². The molecule has 0 unspecified atom stereocenters. The fourth-order valence-corrected chi connectivity index (χ4v) is 2.32. The highest BCUT2D eigenvalue weighted by molar-refractivity contribution is 5.94. The van der Waals surface area contributed by atoms with Gasteiger partial charge in [-0.25, -0.2) is 0 Å². The minimum absolute atomic E-state index is 0.170. The van der Waals surface area contributed by atoms with Gasteiger partial charge in [0.1, 0.15) is 0 Å². The van der Waals surface area contributed by atoms with Gasteiger partial charge >= 0.3 is 0 Å². The third-order valence-electron chi connectivity index (χ3n) is 3.60. The van der Waals surface area contributed by atoms with Gasteiger partial charge in [-0.05, 0) is 30.2 Å². The Hall–Kier alpha value is -3.02. The summed E-state index contributed by atoms with van der Waals surface area (Å²) in [6, 6.07) is 7.62. The fraction of sp³-hybridized carbons (Fsp3) is 0.263. The number of nitrogens with one attached hydrogen (secondary N) is 2. The Morgan fingerprint density at radius 2 is 2.00 bits per heavy atom. The number of methoxy groups -OCH3 is 2. The SMILES string of the molecule is C=CCNC(=O)c1cncc(NCCc2ccc(OC)c(OC)c2)c1. The van der Waals surface area contributed by atoms with Gasteiger partial charge in [0.25, 0.3) is 5.91 Å². The van der Waals surface area contributed by atoms with E-state index in [4.69, 9.17) is 9.47 Å². The van der Waals surface area contributed by atoms with Crippen LogP contribution in [0.2, 0.25) is 0 Å². The lowest BCUT2D eigenvalue weighted by Crippen LogP contribution is -2.23. The first-order chi connectivity index (χ1) is 12.2. The number of anilines is 1. The highest BCUT2D eigenvalue weighted by Crippen LogP contribution is 2.27. The van der Waals surface area contributed by atoms with Gasteiger partial charge in [0.05, 0.1) is 25.5 Å². The second kappa shape index (κ2) is 9.32. The van der Waals surface area contributed by atoms with Crippen molar-refractivity contribution in [3.8, 4) is 11.5 Å². The fourth-order valence-electron chi connectivity index (χ4n) is 2.32. The number of carbonyl (C=O) groups excluding carboxylic acids is 1. The first kappa shape index (κ1) is 18.3. The number of hydrogen-bond donors (Lipinski definition) is 2. The minimum atomic E-state index is -0.170. The molecule has 1 amide bonds. The average molecular weight is 341 g/mol. The summed E-state index contributed by atoms with van der Waals surface area (Å²) in [5, 5.41) is 6.01. The molecule has 2 rings (SSSR count). The molecule has 0 aliphatic heterocycles. The van der Waals surface area contributed by atoms with E-state index in [0.717, 1.165) is 17.7 Å². The van der Waals surface area contributed by atoms with Crippen LogP contribution in [0.4, 0.5) is 5.69 Å². The van der Waals surface area contributed by atoms with Crippen molar-refractivity contribution in [1.29, 1.82) is 0 Å². The van der Waals surface area contributed by atoms with Crippen molar-refractivity contribution < 1.29 is 14.3 Å². The number of nitrogens with zero attached hydrogens (tertiary/aromatic N) is 1. The van der Waals surface area contributed by atoms with E-state index in [1.807, 2.05) is 18.2 Å². The highest BCUT2D eigenvalue weighted by Gasteiger charge is 2.07. The summed E-state index contributed by atoms with van der Waals surface area (Å²) in [6.07, 6.45) is 5.67. The van der Waals surface area contributed by atoms with Crippen molar-refractivity contribution >= 4 is 11.6 Å². The molecule has 6 nitrogen and oxygen atoms in total. The first-order valence-electron chi connectivity index (χ1n) is 7.97. The molecule has 0 spiro atoms. The molecule has 0 bridgehead atoms. The molecular weight excluding hydrogens is 318 g/mol. The van der Waals surface area contributed by atoms with Crippen LogP contribution >= 0.6 is 0 Å². The van der Waals surface area contributed by atoms with E-state index in [1.165, 1.54) is 6.20 Å². The lowest BCUT2D eigenvalue weighted by molar-refractivity contribution is 0.0957. The van der Waals surface area contributed by atoms with Crippen molar-refractivity contribution in [3.05, 3.63) is 60.4 Å². The Balaban J connectivity index is 1.93. The molecule has 0 radical (unpaired) electrons. The van der Waals surface area contributed by atoms with Crippen LogP contribution in [-0.4, -0.2) is 38.2 Å². The summed E-state index contributed by atoms with van der Waals surface area (Å²) >= 11 is 0. The molecular formula is C19H23N3O3. The molecule has 0 saturated carbocycles. The third-order valence-corrected chi connectivity index (χ3v) is 3.60. The topological polar surface area (TPSA) is 72.5 Å². The molecule has 0 fully saturated rings. The van der Waals surface area contributed by atoms with Gasteiger partial charge in [0.15, 0.2) is 11.5 Å². The monoisotopic (exact) mass is 341 g/mol. The normalized spacial score (nSPS) is 10.0. The van der Waals surface area contributed by atoms with Gasteiger partial charge < -0.3 is 20.1 Å². The van der Waals surface area contributed by atoms with Crippen LogP contribution in [0.15, 0.2) is 49.3 Å². The molecule has 132 valence electrons. The lowest BCUT2D eigenvalue weighted by atomic mass is 10.1.